The summed E-state index contributed by atoms with van der Waals surface area (Å²) in [5.74, 6) is -0.188. The fraction of sp³-hybridized carbons (Fsp3) is 0.500. The minimum Gasteiger partial charge on any atom is -0.312 e. The van der Waals surface area contributed by atoms with E-state index in [0.717, 1.165) is 28.1 Å². The van der Waals surface area contributed by atoms with Gasteiger partial charge in [-0.15, -0.1) is 5.10 Å². The van der Waals surface area contributed by atoms with Crippen molar-refractivity contribution in [2.75, 3.05) is 7.05 Å². The Morgan fingerprint density at radius 2 is 2.05 bits per heavy atom. The second kappa shape index (κ2) is 6.20. The average molecular weight is 307 g/mol. The van der Waals surface area contributed by atoms with Crippen molar-refractivity contribution in [3.63, 3.8) is 0 Å². The number of aryl methyl sites for hydroxylation is 1. The highest BCUT2D eigenvalue weighted by Crippen LogP contribution is 2.32. The molecule has 2 rings (SSSR count). The van der Waals surface area contributed by atoms with Crippen LogP contribution in [0.1, 0.15) is 48.5 Å². The van der Waals surface area contributed by atoms with Crippen LogP contribution in [0.3, 0.4) is 0 Å². The smallest absolute Gasteiger partial charge is 0.123 e. The molecular weight excluding hydrogens is 285 g/mol. The second-order valence-corrected chi connectivity index (χ2v) is 7.14. The topological polar surface area (TPSA) is 37.8 Å². The summed E-state index contributed by atoms with van der Waals surface area (Å²) in [6, 6.07) is 5.10. The van der Waals surface area contributed by atoms with Crippen LogP contribution >= 0.6 is 11.5 Å². The van der Waals surface area contributed by atoms with Gasteiger partial charge in [-0.2, -0.15) is 0 Å². The maximum absolute atomic E-state index is 13.2. The number of rotatable bonds is 4. The molecule has 0 bridgehead atoms. The minimum atomic E-state index is -0.188. The molecule has 21 heavy (non-hydrogen) atoms. The monoisotopic (exact) mass is 307 g/mol. The lowest BCUT2D eigenvalue weighted by Gasteiger charge is -2.22. The number of hydrogen-bond acceptors (Lipinski definition) is 4. The maximum Gasteiger partial charge on any atom is 0.123 e. The molecule has 0 amide bonds. The number of nitrogens with one attached hydrogen (secondary N) is 1. The van der Waals surface area contributed by atoms with Crippen molar-refractivity contribution < 1.29 is 4.39 Å². The standard InChI is InChI=1S/C16H22FN3S/c1-10-8-12(17)7-6-11(10)9-13(18-5)14-15(16(2,3)4)19-20-21-14/h6-8,13,18H,9H2,1-5H3. The molecule has 114 valence electrons. The third kappa shape index (κ3) is 3.66. The molecule has 0 aliphatic rings. The predicted molar refractivity (Wildman–Crippen MR) is 85.3 cm³/mol. The summed E-state index contributed by atoms with van der Waals surface area (Å²) < 4.78 is 17.4. The van der Waals surface area contributed by atoms with Gasteiger partial charge in [-0.3, -0.25) is 0 Å². The van der Waals surface area contributed by atoms with E-state index in [9.17, 15) is 4.39 Å². The number of hydrogen-bond donors (Lipinski definition) is 1. The van der Waals surface area contributed by atoms with Crippen molar-refractivity contribution in [2.24, 2.45) is 0 Å². The van der Waals surface area contributed by atoms with Gasteiger partial charge in [0.05, 0.1) is 10.6 Å². The van der Waals surface area contributed by atoms with Gasteiger partial charge in [0.15, 0.2) is 0 Å². The summed E-state index contributed by atoms with van der Waals surface area (Å²) in [5.41, 5.74) is 3.12. The molecule has 0 spiro atoms. The lowest BCUT2D eigenvalue weighted by Crippen LogP contribution is -2.23. The Bertz CT molecular complexity index is 616. The molecule has 0 saturated carbocycles. The molecule has 1 unspecified atom stereocenters. The molecule has 1 atom stereocenters. The Morgan fingerprint density at radius 3 is 2.62 bits per heavy atom. The van der Waals surface area contributed by atoms with Crippen molar-refractivity contribution >= 4 is 11.5 Å². The molecule has 1 N–H and O–H groups in total. The summed E-state index contributed by atoms with van der Waals surface area (Å²) in [7, 11) is 1.94. The van der Waals surface area contributed by atoms with Gasteiger partial charge in [0.25, 0.3) is 0 Å². The van der Waals surface area contributed by atoms with Crippen LogP contribution in [0, 0.1) is 12.7 Å². The van der Waals surface area contributed by atoms with Crippen molar-refractivity contribution in [3.8, 4) is 0 Å². The van der Waals surface area contributed by atoms with Crippen LogP contribution in [0.15, 0.2) is 18.2 Å². The van der Waals surface area contributed by atoms with Crippen LogP contribution in [-0.4, -0.2) is 16.6 Å². The van der Waals surface area contributed by atoms with Gasteiger partial charge in [0.1, 0.15) is 5.82 Å². The van der Waals surface area contributed by atoms with Gasteiger partial charge in [-0.05, 0) is 55.2 Å². The van der Waals surface area contributed by atoms with E-state index in [1.807, 2.05) is 20.0 Å². The van der Waals surface area contributed by atoms with Crippen molar-refractivity contribution in [1.82, 2.24) is 14.9 Å². The zero-order valence-corrected chi connectivity index (χ0v) is 14.0. The summed E-state index contributed by atoms with van der Waals surface area (Å²) in [5, 5.41) is 7.65. The first kappa shape index (κ1) is 16.0. The number of likely N-dealkylation sites (N-methyl/N-ethyl adjacent to an activating group) is 1. The second-order valence-electron chi connectivity index (χ2n) is 6.35. The average Bonchev–Trinajstić information content (AvgIpc) is 2.87. The Balaban J connectivity index is 2.31. The third-order valence-electron chi connectivity index (χ3n) is 3.62. The van der Waals surface area contributed by atoms with E-state index in [-0.39, 0.29) is 17.3 Å². The van der Waals surface area contributed by atoms with Gasteiger partial charge < -0.3 is 5.32 Å². The van der Waals surface area contributed by atoms with Crippen molar-refractivity contribution in [3.05, 3.63) is 45.7 Å². The SMILES string of the molecule is CNC(Cc1ccc(F)cc1C)c1snnc1C(C)(C)C. The fourth-order valence-corrected chi connectivity index (χ4v) is 3.35. The highest BCUT2D eigenvalue weighted by atomic mass is 32.1. The number of nitrogens with zero attached hydrogens (tertiary/aromatic N) is 2. The van der Waals surface area contributed by atoms with E-state index in [4.69, 9.17) is 0 Å². The first-order valence-electron chi connectivity index (χ1n) is 7.08. The lowest BCUT2D eigenvalue weighted by molar-refractivity contribution is 0.530. The Hall–Kier alpha value is -1.33. The van der Waals surface area contributed by atoms with Crippen LogP contribution < -0.4 is 5.32 Å². The predicted octanol–water partition coefficient (Wildman–Crippen LogP) is 3.79. The number of aromatic nitrogens is 2. The van der Waals surface area contributed by atoms with E-state index in [0.29, 0.717) is 0 Å². The van der Waals surface area contributed by atoms with Gasteiger partial charge >= 0.3 is 0 Å². The molecule has 0 radical (unpaired) electrons. The van der Waals surface area contributed by atoms with Crippen molar-refractivity contribution in [1.29, 1.82) is 0 Å². The zero-order valence-electron chi connectivity index (χ0n) is 13.2. The fourth-order valence-electron chi connectivity index (χ4n) is 2.38. The van der Waals surface area contributed by atoms with Gasteiger partial charge in [0, 0.05) is 11.5 Å². The van der Waals surface area contributed by atoms with E-state index in [1.54, 1.807) is 6.07 Å². The van der Waals surface area contributed by atoms with Crippen LogP contribution in [0.25, 0.3) is 0 Å². The maximum atomic E-state index is 13.2. The number of benzene rings is 1. The third-order valence-corrected chi connectivity index (χ3v) is 4.46. The molecule has 1 aromatic carbocycles. The molecule has 0 aliphatic heterocycles. The summed E-state index contributed by atoms with van der Waals surface area (Å²) >= 11 is 1.44. The van der Waals surface area contributed by atoms with Crippen LogP contribution in [0.4, 0.5) is 4.39 Å². The van der Waals surface area contributed by atoms with E-state index < -0.39 is 0 Å². The normalized spacial score (nSPS) is 13.4. The molecule has 1 aromatic heterocycles. The van der Waals surface area contributed by atoms with E-state index >= 15 is 0 Å². The summed E-state index contributed by atoms with van der Waals surface area (Å²) in [6.45, 7) is 8.37. The summed E-state index contributed by atoms with van der Waals surface area (Å²) in [4.78, 5) is 1.16. The Morgan fingerprint density at radius 1 is 1.33 bits per heavy atom. The first-order valence-corrected chi connectivity index (χ1v) is 7.85. The molecule has 0 saturated heterocycles. The van der Waals surface area contributed by atoms with Gasteiger partial charge in [-0.25, -0.2) is 4.39 Å². The Kier molecular flexibility index (Phi) is 4.74. The highest BCUT2D eigenvalue weighted by molar-refractivity contribution is 7.05. The molecular formula is C16H22FN3S. The highest BCUT2D eigenvalue weighted by Gasteiger charge is 2.26. The summed E-state index contributed by atoms with van der Waals surface area (Å²) in [6.07, 6.45) is 0.801. The molecule has 0 aliphatic carbocycles. The molecule has 0 fully saturated rings. The van der Waals surface area contributed by atoms with Crippen LogP contribution in [0.2, 0.25) is 0 Å². The van der Waals surface area contributed by atoms with Crippen LogP contribution in [0.5, 0.6) is 0 Å². The Labute approximate surface area is 129 Å². The quantitative estimate of drug-likeness (QED) is 0.934. The number of halogens is 1. The molecule has 3 nitrogen and oxygen atoms in total. The van der Waals surface area contributed by atoms with Crippen LogP contribution in [-0.2, 0) is 11.8 Å². The molecule has 2 aromatic rings. The van der Waals surface area contributed by atoms with Gasteiger partial charge in [0.2, 0.25) is 0 Å². The lowest BCUT2D eigenvalue weighted by atomic mass is 9.88. The van der Waals surface area contributed by atoms with Crippen molar-refractivity contribution in [2.45, 2.75) is 45.6 Å². The first-order chi connectivity index (χ1) is 9.82. The molecule has 1 heterocycles. The van der Waals surface area contributed by atoms with Gasteiger partial charge in [-0.1, -0.05) is 31.3 Å². The largest absolute Gasteiger partial charge is 0.312 e. The zero-order chi connectivity index (χ0) is 15.6. The van der Waals surface area contributed by atoms with E-state index in [2.05, 4.69) is 35.7 Å². The van der Waals surface area contributed by atoms with E-state index in [1.165, 1.54) is 17.6 Å². The molecule has 5 heteroatoms. The minimum absolute atomic E-state index is 0.0325.